The predicted molar refractivity (Wildman–Crippen MR) is 65.3 cm³/mol. The van der Waals surface area contributed by atoms with E-state index in [1.807, 2.05) is 23.1 Å². The van der Waals surface area contributed by atoms with Gasteiger partial charge in [-0.25, -0.2) is 0 Å². The van der Waals surface area contributed by atoms with Crippen molar-refractivity contribution in [3.8, 4) is 5.88 Å². The maximum atomic E-state index is 11.2. The van der Waals surface area contributed by atoms with E-state index >= 15 is 0 Å². The minimum Gasteiger partial charge on any atom is -0.481 e. The van der Waals surface area contributed by atoms with Crippen molar-refractivity contribution in [2.24, 2.45) is 0 Å². The molecular weight excluding hydrogens is 218 g/mol. The second-order valence-electron chi connectivity index (χ2n) is 4.03. The molecule has 5 nitrogen and oxygen atoms in total. The predicted octanol–water partition coefficient (Wildman–Crippen LogP) is 0.759. The number of ether oxygens (including phenoxy) is 1. The molecule has 0 aliphatic carbocycles. The number of carbonyl (C=O) groups is 1. The lowest BCUT2D eigenvalue weighted by atomic mass is 10.3. The average molecular weight is 235 g/mol. The standard InChI is InChI=1S/C12H17N3O2/c1-10(16)14-6-8-15(9-7-14)11-4-3-5-12(13-11)17-2/h3-5H,6-9H2,1-2H3. The summed E-state index contributed by atoms with van der Waals surface area (Å²) in [4.78, 5) is 19.6. The number of pyridine rings is 1. The Morgan fingerprint density at radius 2 is 2.00 bits per heavy atom. The van der Waals surface area contributed by atoms with Crippen molar-refractivity contribution in [3.63, 3.8) is 0 Å². The quantitative estimate of drug-likeness (QED) is 0.759. The van der Waals surface area contributed by atoms with Crippen LogP contribution in [0.25, 0.3) is 0 Å². The van der Waals surface area contributed by atoms with Crippen LogP contribution in [0.4, 0.5) is 5.82 Å². The Labute approximate surface area is 101 Å². The first-order chi connectivity index (χ1) is 8.20. The van der Waals surface area contributed by atoms with E-state index in [-0.39, 0.29) is 5.91 Å². The first kappa shape index (κ1) is 11.7. The summed E-state index contributed by atoms with van der Waals surface area (Å²) in [6.07, 6.45) is 0. The van der Waals surface area contributed by atoms with Gasteiger partial charge in [-0.15, -0.1) is 0 Å². The molecule has 17 heavy (non-hydrogen) atoms. The van der Waals surface area contributed by atoms with Crippen LogP contribution >= 0.6 is 0 Å². The SMILES string of the molecule is COc1cccc(N2CCN(C(C)=O)CC2)n1. The molecular formula is C12H17N3O2. The number of amides is 1. The van der Waals surface area contributed by atoms with Crippen LogP contribution < -0.4 is 9.64 Å². The van der Waals surface area contributed by atoms with Gasteiger partial charge in [0.05, 0.1) is 7.11 Å². The van der Waals surface area contributed by atoms with Crippen LogP contribution in [0.5, 0.6) is 5.88 Å². The average Bonchev–Trinajstić information content (AvgIpc) is 2.39. The molecule has 0 aromatic carbocycles. The first-order valence-corrected chi connectivity index (χ1v) is 5.72. The summed E-state index contributed by atoms with van der Waals surface area (Å²) in [6, 6.07) is 5.72. The van der Waals surface area contributed by atoms with Crippen LogP contribution in [0.15, 0.2) is 18.2 Å². The van der Waals surface area contributed by atoms with Gasteiger partial charge in [0.25, 0.3) is 0 Å². The smallest absolute Gasteiger partial charge is 0.219 e. The number of aromatic nitrogens is 1. The molecule has 1 saturated heterocycles. The fourth-order valence-corrected chi connectivity index (χ4v) is 1.94. The molecule has 0 saturated carbocycles. The third-order valence-electron chi connectivity index (χ3n) is 2.97. The van der Waals surface area contributed by atoms with Crippen molar-refractivity contribution in [2.75, 3.05) is 38.2 Å². The fraction of sp³-hybridized carbons (Fsp3) is 0.500. The monoisotopic (exact) mass is 235 g/mol. The molecule has 0 atom stereocenters. The lowest BCUT2D eigenvalue weighted by molar-refractivity contribution is -0.129. The summed E-state index contributed by atoms with van der Waals surface area (Å²) < 4.78 is 5.10. The van der Waals surface area contributed by atoms with E-state index in [1.165, 1.54) is 0 Å². The van der Waals surface area contributed by atoms with Crippen molar-refractivity contribution in [3.05, 3.63) is 18.2 Å². The number of nitrogens with zero attached hydrogens (tertiary/aromatic N) is 3. The van der Waals surface area contributed by atoms with Gasteiger partial charge in [0.2, 0.25) is 11.8 Å². The van der Waals surface area contributed by atoms with Gasteiger partial charge >= 0.3 is 0 Å². The molecule has 1 aromatic rings. The molecule has 0 radical (unpaired) electrons. The van der Waals surface area contributed by atoms with Gasteiger partial charge in [0.15, 0.2) is 0 Å². The third-order valence-corrected chi connectivity index (χ3v) is 2.97. The van der Waals surface area contributed by atoms with Gasteiger partial charge in [-0.05, 0) is 6.07 Å². The normalized spacial score (nSPS) is 15.9. The summed E-state index contributed by atoms with van der Waals surface area (Å²) >= 11 is 0. The molecule has 0 spiro atoms. The van der Waals surface area contributed by atoms with E-state index in [4.69, 9.17) is 4.74 Å². The molecule has 1 aliphatic rings. The Kier molecular flexibility index (Phi) is 3.46. The van der Waals surface area contributed by atoms with Crippen LogP contribution in [0.1, 0.15) is 6.92 Å². The molecule has 1 amide bonds. The molecule has 0 bridgehead atoms. The number of carbonyl (C=O) groups excluding carboxylic acids is 1. The van der Waals surface area contributed by atoms with Gasteiger partial charge in [-0.3, -0.25) is 4.79 Å². The van der Waals surface area contributed by atoms with E-state index in [1.54, 1.807) is 14.0 Å². The molecule has 1 aliphatic heterocycles. The second-order valence-corrected chi connectivity index (χ2v) is 4.03. The zero-order valence-electron chi connectivity index (χ0n) is 10.2. The minimum absolute atomic E-state index is 0.142. The highest BCUT2D eigenvalue weighted by Crippen LogP contribution is 2.17. The summed E-state index contributed by atoms with van der Waals surface area (Å²) in [7, 11) is 1.61. The molecule has 1 aromatic heterocycles. The zero-order valence-corrected chi connectivity index (χ0v) is 10.2. The third kappa shape index (κ3) is 2.67. The highest BCUT2D eigenvalue weighted by atomic mass is 16.5. The van der Waals surface area contributed by atoms with E-state index in [0.29, 0.717) is 5.88 Å². The van der Waals surface area contributed by atoms with E-state index in [9.17, 15) is 4.79 Å². The van der Waals surface area contributed by atoms with E-state index in [2.05, 4.69) is 9.88 Å². The van der Waals surface area contributed by atoms with Crippen molar-refractivity contribution < 1.29 is 9.53 Å². The van der Waals surface area contributed by atoms with Crippen LogP contribution in [-0.2, 0) is 4.79 Å². The number of hydrogen-bond donors (Lipinski definition) is 0. The molecule has 1 fully saturated rings. The van der Waals surface area contributed by atoms with Gasteiger partial charge in [-0.2, -0.15) is 4.98 Å². The highest BCUT2D eigenvalue weighted by Gasteiger charge is 2.19. The van der Waals surface area contributed by atoms with Crippen LogP contribution in [0.2, 0.25) is 0 Å². The van der Waals surface area contributed by atoms with Crippen molar-refractivity contribution >= 4 is 11.7 Å². The largest absolute Gasteiger partial charge is 0.481 e. The molecule has 2 heterocycles. The summed E-state index contributed by atoms with van der Waals surface area (Å²) in [5, 5.41) is 0. The Bertz CT molecular complexity index is 400. The Morgan fingerprint density at radius 1 is 1.29 bits per heavy atom. The summed E-state index contributed by atoms with van der Waals surface area (Å²) in [6.45, 7) is 4.77. The molecule has 2 rings (SSSR count). The van der Waals surface area contributed by atoms with Gasteiger partial charge in [-0.1, -0.05) is 6.07 Å². The lowest BCUT2D eigenvalue weighted by Crippen LogP contribution is -2.48. The summed E-state index contributed by atoms with van der Waals surface area (Å²) in [5.74, 6) is 1.67. The highest BCUT2D eigenvalue weighted by molar-refractivity contribution is 5.73. The Hall–Kier alpha value is -1.78. The molecule has 92 valence electrons. The Morgan fingerprint density at radius 3 is 2.59 bits per heavy atom. The van der Waals surface area contributed by atoms with Crippen LogP contribution in [0, 0.1) is 0 Å². The van der Waals surface area contributed by atoms with Crippen molar-refractivity contribution in [2.45, 2.75) is 6.92 Å². The van der Waals surface area contributed by atoms with Crippen LogP contribution in [0.3, 0.4) is 0 Å². The maximum Gasteiger partial charge on any atom is 0.219 e. The number of anilines is 1. The van der Waals surface area contributed by atoms with E-state index in [0.717, 1.165) is 32.0 Å². The molecule has 0 unspecified atom stereocenters. The maximum absolute atomic E-state index is 11.2. The Balaban J connectivity index is 2.02. The molecule has 5 heteroatoms. The van der Waals surface area contributed by atoms with Gasteiger partial charge in [0.1, 0.15) is 5.82 Å². The second kappa shape index (κ2) is 5.03. The summed E-state index contributed by atoms with van der Waals surface area (Å²) in [5.41, 5.74) is 0. The lowest BCUT2D eigenvalue weighted by Gasteiger charge is -2.34. The topological polar surface area (TPSA) is 45.7 Å². The number of hydrogen-bond acceptors (Lipinski definition) is 4. The van der Waals surface area contributed by atoms with Gasteiger partial charge < -0.3 is 14.5 Å². The number of rotatable bonds is 2. The van der Waals surface area contributed by atoms with E-state index < -0.39 is 0 Å². The van der Waals surface area contributed by atoms with Crippen molar-refractivity contribution in [1.29, 1.82) is 0 Å². The van der Waals surface area contributed by atoms with Gasteiger partial charge in [0, 0.05) is 39.2 Å². The fourth-order valence-electron chi connectivity index (χ4n) is 1.94. The minimum atomic E-state index is 0.142. The zero-order chi connectivity index (χ0) is 12.3. The molecule has 0 N–H and O–H groups in total. The van der Waals surface area contributed by atoms with Crippen molar-refractivity contribution in [1.82, 2.24) is 9.88 Å². The number of methoxy groups -OCH3 is 1. The number of piperazine rings is 1. The first-order valence-electron chi connectivity index (χ1n) is 5.72. The van der Waals surface area contributed by atoms with Crippen LogP contribution in [-0.4, -0.2) is 49.1 Å².